The van der Waals surface area contributed by atoms with E-state index in [1.807, 2.05) is 112 Å². The Labute approximate surface area is 385 Å². The van der Waals surface area contributed by atoms with Crippen LogP contribution in [0.25, 0.3) is 0 Å². The molecular weight excluding hydrogens is 817 g/mol. The maximum atomic E-state index is 12.0. The molecule has 4 N–H and O–H groups in total. The normalized spacial score (nSPS) is 15.2. The molecular formula is C48H84N8O8. The first kappa shape index (κ1) is 57.4. The molecule has 0 spiro atoms. The van der Waals surface area contributed by atoms with Gasteiger partial charge in [-0.1, -0.05) is 65.8 Å². The topological polar surface area (TPSA) is 174 Å². The highest BCUT2D eigenvalue weighted by atomic mass is 16.7. The van der Waals surface area contributed by atoms with Crippen molar-refractivity contribution in [2.75, 3.05) is 83.8 Å². The summed E-state index contributed by atoms with van der Waals surface area (Å²) in [5.74, 6) is 2.78. The molecule has 6 atom stereocenters. The van der Waals surface area contributed by atoms with Gasteiger partial charge in [0.2, 0.25) is 11.9 Å². The molecule has 0 fully saturated rings. The summed E-state index contributed by atoms with van der Waals surface area (Å²) in [6.07, 6.45) is 2.96. The van der Waals surface area contributed by atoms with Gasteiger partial charge in [-0.15, -0.1) is 0 Å². The first-order chi connectivity index (χ1) is 29.9. The van der Waals surface area contributed by atoms with Gasteiger partial charge in [0.05, 0.1) is 39.6 Å². The van der Waals surface area contributed by atoms with Crippen molar-refractivity contribution >= 4 is 23.9 Å². The van der Waals surface area contributed by atoms with E-state index in [-0.39, 0.29) is 53.0 Å². The number of hydrogen-bond acceptors (Lipinski definition) is 12. The lowest BCUT2D eigenvalue weighted by atomic mass is 9.79. The van der Waals surface area contributed by atoms with Gasteiger partial charge in [-0.05, 0) is 126 Å². The van der Waals surface area contributed by atoms with E-state index in [1.165, 1.54) is 14.2 Å². The fourth-order valence-electron chi connectivity index (χ4n) is 6.83. The van der Waals surface area contributed by atoms with Crippen LogP contribution in [0.5, 0.6) is 11.5 Å². The van der Waals surface area contributed by atoms with Gasteiger partial charge >= 0.3 is 11.9 Å². The number of benzene rings is 2. The summed E-state index contributed by atoms with van der Waals surface area (Å²) in [5, 5.41) is 0. The minimum absolute atomic E-state index is 0.0182. The smallest absolute Gasteiger partial charge is 0.323 e. The molecule has 0 bridgehead atoms. The molecule has 16 heteroatoms. The predicted octanol–water partition coefficient (Wildman–Crippen LogP) is 5.84. The van der Waals surface area contributed by atoms with Crippen molar-refractivity contribution in [2.45, 2.75) is 105 Å². The number of esters is 2. The lowest BCUT2D eigenvalue weighted by Crippen LogP contribution is -2.42. The fraction of sp³-hybridized carbons (Fsp3) is 0.667. The van der Waals surface area contributed by atoms with Gasteiger partial charge < -0.3 is 29.6 Å². The Kier molecular flexibility index (Phi) is 25.4. The zero-order valence-corrected chi connectivity index (χ0v) is 42.4. The molecule has 2 rings (SSSR count). The first-order valence-corrected chi connectivity index (χ1v) is 22.0. The molecule has 2 aromatic rings. The second kappa shape index (κ2) is 28.3. The molecule has 4 unspecified atom stereocenters. The monoisotopic (exact) mass is 901 g/mol. The van der Waals surface area contributed by atoms with Crippen LogP contribution in [0.3, 0.4) is 0 Å². The standard InChI is InChI=1S/C25H44N4O4.C23H40N4O4/c1-18(16-25(3,4)19(2)33-27-24(26-5)29(8)9)17-32-21-13-11-20(12-14-21)15-22(28(6)7)23(30)31-10;1-16(14-23(3,4)17(2)31-26-22(24)25-5)15-30-19-11-9-18(10-12-19)13-20(27(6)7)21(28)29-8/h11-14,18-19,22H,15-17H2,1-10H3,(H,26,27);9-12,16-17,20H,13-15H2,1-8H3,(H3,24,25,26)/t18?,19?,22-;16?,17?,20-/m00/s1. The van der Waals surface area contributed by atoms with Crippen molar-refractivity contribution in [1.82, 2.24) is 25.7 Å². The molecule has 0 aromatic heterocycles. The average molecular weight is 901 g/mol. The second-order valence-corrected chi connectivity index (χ2v) is 18.7. The number of hydroxylamine groups is 2. The van der Waals surface area contributed by atoms with Gasteiger partial charge in [-0.2, -0.15) is 0 Å². The third kappa shape index (κ3) is 20.9. The number of nitrogens with zero attached hydrogens (tertiary/aromatic N) is 5. The van der Waals surface area contributed by atoms with Crippen molar-refractivity contribution in [3.05, 3.63) is 59.7 Å². The van der Waals surface area contributed by atoms with Crippen molar-refractivity contribution in [2.24, 2.45) is 38.4 Å². The number of nitrogens with two attached hydrogens (primary N) is 1. The number of ether oxygens (including phenoxy) is 4. The van der Waals surface area contributed by atoms with E-state index in [2.05, 4.69) is 69.4 Å². The highest BCUT2D eigenvalue weighted by molar-refractivity contribution is 5.78. The Hall–Kier alpha value is -4.64. The largest absolute Gasteiger partial charge is 0.493 e. The molecule has 2 aromatic carbocycles. The average Bonchev–Trinajstić information content (AvgIpc) is 3.24. The van der Waals surface area contributed by atoms with Crippen LogP contribution in [-0.2, 0) is 41.6 Å². The summed E-state index contributed by atoms with van der Waals surface area (Å²) < 4.78 is 21.8. The molecule has 0 heterocycles. The second-order valence-electron chi connectivity index (χ2n) is 18.7. The van der Waals surface area contributed by atoms with Gasteiger partial charge in [0.15, 0.2) is 0 Å². The Bertz CT molecular complexity index is 1700. The number of methoxy groups -OCH3 is 2. The van der Waals surface area contributed by atoms with E-state index in [4.69, 9.17) is 34.4 Å². The Morgan fingerprint density at radius 2 is 0.984 bits per heavy atom. The maximum Gasteiger partial charge on any atom is 0.323 e. The van der Waals surface area contributed by atoms with Gasteiger partial charge in [0.25, 0.3) is 0 Å². The molecule has 0 aliphatic heterocycles. The molecule has 0 aliphatic carbocycles. The number of likely N-dealkylation sites (N-methyl/N-ethyl adjacent to an activating group) is 2. The SMILES string of the molecule is CN=C(N)NOC(C)C(C)(C)CC(C)COc1ccc(C[C@@H](C(=O)OC)N(C)C)cc1.CN=C(NOC(C)C(C)(C)CC(C)COc1ccc(C[C@@H](C(=O)OC)N(C)C)cc1)N(C)C. The van der Waals surface area contributed by atoms with Crippen LogP contribution in [0.15, 0.2) is 58.5 Å². The maximum absolute atomic E-state index is 12.0. The van der Waals surface area contributed by atoms with Crippen molar-refractivity contribution in [3.8, 4) is 11.5 Å². The zero-order valence-electron chi connectivity index (χ0n) is 42.4. The Morgan fingerprint density at radius 3 is 1.28 bits per heavy atom. The molecule has 0 saturated carbocycles. The van der Waals surface area contributed by atoms with Crippen molar-refractivity contribution < 1.29 is 38.2 Å². The van der Waals surface area contributed by atoms with Crippen LogP contribution in [-0.4, -0.2) is 147 Å². The summed E-state index contributed by atoms with van der Waals surface area (Å²) in [7, 11) is 17.5. The van der Waals surface area contributed by atoms with Crippen molar-refractivity contribution in [3.63, 3.8) is 0 Å². The van der Waals surface area contributed by atoms with Gasteiger partial charge in [-0.25, -0.2) is 11.0 Å². The number of hydrogen-bond donors (Lipinski definition) is 3. The van der Waals surface area contributed by atoms with E-state index >= 15 is 0 Å². The summed E-state index contributed by atoms with van der Waals surface area (Å²) >= 11 is 0. The number of carbonyl (C=O) groups is 2. The summed E-state index contributed by atoms with van der Waals surface area (Å²) in [5.41, 5.74) is 13.2. The predicted molar refractivity (Wildman–Crippen MR) is 257 cm³/mol. The molecule has 16 nitrogen and oxygen atoms in total. The number of nitrogens with one attached hydrogen (secondary N) is 2. The fourth-order valence-corrected chi connectivity index (χ4v) is 6.83. The Morgan fingerprint density at radius 1 is 0.625 bits per heavy atom. The van der Waals surface area contributed by atoms with E-state index in [0.29, 0.717) is 43.9 Å². The number of carbonyl (C=O) groups excluding carboxylic acids is 2. The minimum atomic E-state index is -0.309. The van der Waals surface area contributed by atoms with Crippen LogP contribution in [0.1, 0.15) is 79.4 Å². The van der Waals surface area contributed by atoms with Crippen molar-refractivity contribution in [1.29, 1.82) is 0 Å². The van der Waals surface area contributed by atoms with Crippen LogP contribution in [0.2, 0.25) is 0 Å². The third-order valence-electron chi connectivity index (χ3n) is 11.5. The molecule has 0 radical (unpaired) electrons. The lowest BCUT2D eigenvalue weighted by molar-refractivity contribution is -0.146. The molecule has 0 amide bonds. The van der Waals surface area contributed by atoms with E-state index in [1.54, 1.807) is 14.1 Å². The molecule has 0 aliphatic rings. The summed E-state index contributed by atoms with van der Waals surface area (Å²) in [4.78, 5) is 49.0. The number of rotatable bonds is 24. The Balaban J connectivity index is 0.000000641. The summed E-state index contributed by atoms with van der Waals surface area (Å²) in [6.45, 7) is 18.4. The van der Waals surface area contributed by atoms with E-state index < -0.39 is 0 Å². The van der Waals surface area contributed by atoms with Gasteiger partial charge in [-0.3, -0.25) is 39.0 Å². The van der Waals surface area contributed by atoms with E-state index in [9.17, 15) is 9.59 Å². The highest BCUT2D eigenvalue weighted by Crippen LogP contribution is 2.32. The zero-order chi connectivity index (χ0) is 48.8. The summed E-state index contributed by atoms with van der Waals surface area (Å²) in [6, 6.07) is 15.2. The third-order valence-corrected chi connectivity index (χ3v) is 11.5. The molecule has 64 heavy (non-hydrogen) atoms. The quantitative estimate of drug-likeness (QED) is 0.0497. The number of aliphatic imine (C=N–C) groups is 2. The van der Waals surface area contributed by atoms with Crippen LogP contribution >= 0.6 is 0 Å². The first-order valence-electron chi connectivity index (χ1n) is 22.0. The van der Waals surface area contributed by atoms with Crippen LogP contribution < -0.4 is 26.2 Å². The van der Waals surface area contributed by atoms with Gasteiger partial charge in [0, 0.05) is 28.2 Å². The van der Waals surface area contributed by atoms with Gasteiger partial charge in [0.1, 0.15) is 23.6 Å². The van der Waals surface area contributed by atoms with Crippen LogP contribution in [0, 0.1) is 22.7 Å². The molecule has 0 saturated heterocycles. The lowest BCUT2D eigenvalue weighted by Gasteiger charge is -2.34. The van der Waals surface area contributed by atoms with E-state index in [0.717, 1.165) is 35.5 Å². The minimum Gasteiger partial charge on any atom is -0.493 e. The highest BCUT2D eigenvalue weighted by Gasteiger charge is 2.31. The van der Waals surface area contributed by atoms with Crippen LogP contribution in [0.4, 0.5) is 0 Å². The molecule has 364 valence electrons. The number of guanidine groups is 2.